The van der Waals surface area contributed by atoms with Crippen LogP contribution in [0.4, 0.5) is 0 Å². The standard InChI is InChI=1S/C12H19N3O6/c1-8(16)13-2-4-14(5-3-13)9-6-19-12-10(21-15(17)18)7-20-11(9)12/h9-12H,2-7H2,1H3/t9-,10-,11+,12+/m0/s1. The first-order valence-electron chi connectivity index (χ1n) is 7.10. The quantitative estimate of drug-likeness (QED) is 0.482. The number of rotatable bonds is 3. The predicted octanol–water partition coefficient (Wildman–Crippen LogP) is -1.11. The maximum atomic E-state index is 11.3. The van der Waals surface area contributed by atoms with Crippen LogP contribution in [-0.4, -0.2) is 84.5 Å². The van der Waals surface area contributed by atoms with Gasteiger partial charge in [-0.15, -0.1) is 10.1 Å². The van der Waals surface area contributed by atoms with Crippen molar-refractivity contribution >= 4 is 5.91 Å². The Morgan fingerprint density at radius 3 is 2.48 bits per heavy atom. The molecule has 0 aromatic carbocycles. The Bertz CT molecular complexity index is 425. The summed E-state index contributed by atoms with van der Waals surface area (Å²) in [6.07, 6.45) is -1.22. The lowest BCUT2D eigenvalue weighted by Crippen LogP contribution is -2.54. The molecule has 0 radical (unpaired) electrons. The van der Waals surface area contributed by atoms with Crippen molar-refractivity contribution in [3.63, 3.8) is 0 Å². The lowest BCUT2D eigenvalue weighted by atomic mass is 10.1. The summed E-state index contributed by atoms with van der Waals surface area (Å²) >= 11 is 0. The zero-order valence-electron chi connectivity index (χ0n) is 11.8. The summed E-state index contributed by atoms with van der Waals surface area (Å²) in [5, 5.41) is 9.66. The molecule has 9 heteroatoms. The fraction of sp³-hybridized carbons (Fsp3) is 0.917. The fourth-order valence-corrected chi connectivity index (χ4v) is 3.33. The molecule has 0 N–H and O–H groups in total. The van der Waals surface area contributed by atoms with E-state index in [9.17, 15) is 14.9 Å². The molecular formula is C12H19N3O6. The molecule has 0 spiro atoms. The van der Waals surface area contributed by atoms with Crippen molar-refractivity contribution in [2.75, 3.05) is 39.4 Å². The monoisotopic (exact) mass is 301 g/mol. The minimum atomic E-state index is -0.793. The molecule has 3 aliphatic rings. The maximum Gasteiger partial charge on any atom is 0.294 e. The van der Waals surface area contributed by atoms with Gasteiger partial charge in [-0.1, -0.05) is 0 Å². The minimum Gasteiger partial charge on any atom is -0.371 e. The number of carbonyl (C=O) groups is 1. The number of nitrogens with zero attached hydrogens (tertiary/aromatic N) is 3. The molecule has 9 nitrogen and oxygen atoms in total. The van der Waals surface area contributed by atoms with E-state index >= 15 is 0 Å². The topological polar surface area (TPSA) is 94.4 Å². The van der Waals surface area contributed by atoms with E-state index in [4.69, 9.17) is 9.47 Å². The Morgan fingerprint density at radius 2 is 1.86 bits per heavy atom. The summed E-state index contributed by atoms with van der Waals surface area (Å²) in [5.74, 6) is 0.0896. The van der Waals surface area contributed by atoms with Crippen LogP contribution in [0.2, 0.25) is 0 Å². The summed E-state index contributed by atoms with van der Waals surface area (Å²) in [6, 6.07) is 0.0736. The Balaban J connectivity index is 1.57. The van der Waals surface area contributed by atoms with Crippen LogP contribution in [0.3, 0.4) is 0 Å². The average molecular weight is 301 g/mol. The summed E-state index contributed by atoms with van der Waals surface area (Å²) < 4.78 is 11.3. The lowest BCUT2D eigenvalue weighted by molar-refractivity contribution is -0.769. The highest BCUT2D eigenvalue weighted by Crippen LogP contribution is 2.32. The van der Waals surface area contributed by atoms with E-state index in [0.717, 1.165) is 13.1 Å². The summed E-state index contributed by atoms with van der Waals surface area (Å²) in [6.45, 7) is 5.15. The zero-order chi connectivity index (χ0) is 15.0. The lowest BCUT2D eigenvalue weighted by Gasteiger charge is -2.38. The molecule has 3 rings (SSSR count). The van der Waals surface area contributed by atoms with Crippen LogP contribution in [-0.2, 0) is 19.1 Å². The summed E-state index contributed by atoms with van der Waals surface area (Å²) in [4.78, 5) is 30.4. The van der Waals surface area contributed by atoms with Gasteiger partial charge in [-0.2, -0.15) is 0 Å². The van der Waals surface area contributed by atoms with Gasteiger partial charge >= 0.3 is 0 Å². The normalized spacial score (nSPS) is 36.5. The number of ether oxygens (including phenoxy) is 2. The third kappa shape index (κ3) is 2.81. The van der Waals surface area contributed by atoms with Crippen LogP contribution in [0.5, 0.6) is 0 Å². The van der Waals surface area contributed by atoms with Gasteiger partial charge in [0.05, 0.1) is 19.3 Å². The maximum absolute atomic E-state index is 11.3. The molecule has 0 bridgehead atoms. The van der Waals surface area contributed by atoms with Crippen molar-refractivity contribution < 1.29 is 24.2 Å². The molecule has 3 saturated heterocycles. The average Bonchev–Trinajstić information content (AvgIpc) is 3.01. The van der Waals surface area contributed by atoms with Gasteiger partial charge in [-0.3, -0.25) is 9.69 Å². The number of amides is 1. The first-order valence-corrected chi connectivity index (χ1v) is 7.10. The first kappa shape index (κ1) is 14.5. The van der Waals surface area contributed by atoms with Crippen molar-refractivity contribution in [1.82, 2.24) is 9.80 Å². The smallest absolute Gasteiger partial charge is 0.294 e. The molecule has 3 aliphatic heterocycles. The van der Waals surface area contributed by atoms with Crippen LogP contribution in [0, 0.1) is 10.1 Å². The number of carbonyl (C=O) groups excluding carboxylic acids is 1. The van der Waals surface area contributed by atoms with Crippen LogP contribution in [0.1, 0.15) is 6.92 Å². The Labute approximate surface area is 121 Å². The van der Waals surface area contributed by atoms with E-state index in [1.807, 2.05) is 4.90 Å². The highest BCUT2D eigenvalue weighted by molar-refractivity contribution is 5.73. The fourth-order valence-electron chi connectivity index (χ4n) is 3.33. The van der Waals surface area contributed by atoms with Gasteiger partial charge in [0.25, 0.3) is 5.09 Å². The molecule has 21 heavy (non-hydrogen) atoms. The minimum absolute atomic E-state index is 0.0736. The molecular weight excluding hydrogens is 282 g/mol. The molecule has 3 fully saturated rings. The van der Waals surface area contributed by atoms with E-state index < -0.39 is 11.2 Å². The molecule has 1 amide bonds. The Morgan fingerprint density at radius 1 is 1.19 bits per heavy atom. The molecule has 0 aromatic heterocycles. The van der Waals surface area contributed by atoms with Crippen LogP contribution in [0.25, 0.3) is 0 Å². The molecule has 0 aromatic rings. The van der Waals surface area contributed by atoms with Gasteiger partial charge in [-0.05, 0) is 0 Å². The summed E-state index contributed by atoms with van der Waals surface area (Å²) in [7, 11) is 0. The largest absolute Gasteiger partial charge is 0.371 e. The third-order valence-electron chi connectivity index (χ3n) is 4.43. The molecule has 4 atom stereocenters. The van der Waals surface area contributed by atoms with Gasteiger partial charge in [0, 0.05) is 33.1 Å². The first-order chi connectivity index (χ1) is 10.1. The van der Waals surface area contributed by atoms with Gasteiger partial charge in [0.2, 0.25) is 5.91 Å². The number of hydrogen-bond acceptors (Lipinski definition) is 7. The predicted molar refractivity (Wildman–Crippen MR) is 69.0 cm³/mol. The van der Waals surface area contributed by atoms with E-state index in [2.05, 4.69) is 9.74 Å². The highest BCUT2D eigenvalue weighted by atomic mass is 17.0. The van der Waals surface area contributed by atoms with Crippen LogP contribution >= 0.6 is 0 Å². The van der Waals surface area contributed by atoms with Gasteiger partial charge in [-0.25, -0.2) is 0 Å². The van der Waals surface area contributed by atoms with E-state index in [-0.39, 0.29) is 30.8 Å². The third-order valence-corrected chi connectivity index (χ3v) is 4.43. The molecule has 0 saturated carbocycles. The second kappa shape index (κ2) is 5.74. The van der Waals surface area contributed by atoms with Crippen molar-refractivity contribution in [2.24, 2.45) is 0 Å². The Hall–Kier alpha value is -1.45. The van der Waals surface area contributed by atoms with E-state index in [1.165, 1.54) is 0 Å². The van der Waals surface area contributed by atoms with Crippen molar-refractivity contribution in [1.29, 1.82) is 0 Å². The second-order valence-electron chi connectivity index (χ2n) is 5.57. The Kier molecular flexibility index (Phi) is 3.96. The number of fused-ring (bicyclic) bond motifs is 1. The van der Waals surface area contributed by atoms with E-state index in [0.29, 0.717) is 19.7 Å². The van der Waals surface area contributed by atoms with Gasteiger partial charge in [0.15, 0.2) is 6.10 Å². The van der Waals surface area contributed by atoms with Gasteiger partial charge in [0.1, 0.15) is 12.2 Å². The molecule has 118 valence electrons. The number of hydrogen-bond donors (Lipinski definition) is 0. The molecule has 0 unspecified atom stereocenters. The van der Waals surface area contributed by atoms with Crippen LogP contribution in [0.15, 0.2) is 0 Å². The molecule has 0 aliphatic carbocycles. The second-order valence-corrected chi connectivity index (χ2v) is 5.57. The highest BCUT2D eigenvalue weighted by Gasteiger charge is 2.51. The van der Waals surface area contributed by atoms with Crippen molar-refractivity contribution in [3.05, 3.63) is 10.1 Å². The SMILES string of the molecule is CC(=O)N1CCN([C@H]2CO[C@H]3[C@@H]2OC[C@@H]3O[N+](=O)[O-])CC1. The van der Waals surface area contributed by atoms with Gasteiger partial charge < -0.3 is 19.2 Å². The van der Waals surface area contributed by atoms with E-state index in [1.54, 1.807) is 6.92 Å². The van der Waals surface area contributed by atoms with Crippen molar-refractivity contribution in [3.8, 4) is 0 Å². The summed E-state index contributed by atoms with van der Waals surface area (Å²) in [5.41, 5.74) is 0. The zero-order valence-corrected chi connectivity index (χ0v) is 11.8. The van der Waals surface area contributed by atoms with Crippen molar-refractivity contribution in [2.45, 2.75) is 31.3 Å². The molecule has 3 heterocycles. The van der Waals surface area contributed by atoms with Crippen LogP contribution < -0.4 is 0 Å². The number of piperazine rings is 1.